The largest absolute Gasteiger partial charge is 0.495 e. The van der Waals surface area contributed by atoms with Crippen molar-refractivity contribution in [2.24, 2.45) is 0 Å². The fourth-order valence-electron chi connectivity index (χ4n) is 2.42. The molecule has 9 nitrogen and oxygen atoms in total. The van der Waals surface area contributed by atoms with E-state index < -0.39 is 43.6 Å². The van der Waals surface area contributed by atoms with Crippen LogP contribution in [0.5, 0.6) is 5.75 Å². The molecule has 1 amide bonds. The molecule has 0 atom stereocenters. The van der Waals surface area contributed by atoms with Crippen LogP contribution >= 0.6 is 0 Å². The zero-order chi connectivity index (χ0) is 24.3. The van der Waals surface area contributed by atoms with Crippen LogP contribution < -0.4 is 14.8 Å². The van der Waals surface area contributed by atoms with E-state index in [1.165, 1.54) is 50.2 Å². The fourth-order valence-corrected chi connectivity index (χ4v) is 4.40. The highest BCUT2D eigenvalue weighted by Crippen LogP contribution is 2.29. The topological polar surface area (TPSA) is 122 Å². The summed E-state index contributed by atoms with van der Waals surface area (Å²) < 4.78 is 93.4. The molecule has 0 saturated heterocycles. The molecule has 0 aliphatic heterocycles. The molecule has 14 heteroatoms. The summed E-state index contributed by atoms with van der Waals surface area (Å²) in [5.74, 6) is -0.706. The van der Waals surface area contributed by atoms with Crippen molar-refractivity contribution in [3.05, 3.63) is 48.0 Å². The highest BCUT2D eigenvalue weighted by atomic mass is 32.2. The van der Waals surface area contributed by atoms with Gasteiger partial charge in [-0.05, 0) is 36.4 Å². The van der Waals surface area contributed by atoms with Crippen LogP contribution in [0.25, 0.3) is 0 Å². The summed E-state index contributed by atoms with van der Waals surface area (Å²) >= 11 is 0. The molecule has 2 aromatic rings. The molecule has 0 spiro atoms. The van der Waals surface area contributed by atoms with Crippen LogP contribution in [0.3, 0.4) is 0 Å². The van der Waals surface area contributed by atoms with Gasteiger partial charge < -0.3 is 10.1 Å². The Labute approximate surface area is 183 Å². The molecule has 0 aliphatic rings. The number of anilines is 1. The maximum Gasteiger partial charge on any atom is 0.402 e. The number of benzene rings is 2. The average Bonchev–Trinajstić information content (AvgIpc) is 2.71. The zero-order valence-corrected chi connectivity index (χ0v) is 18.7. The Bertz CT molecular complexity index is 1210. The molecule has 2 N–H and O–H groups in total. The first-order chi connectivity index (χ1) is 14.7. The van der Waals surface area contributed by atoms with Gasteiger partial charge in [0.1, 0.15) is 12.3 Å². The number of carbonyl (C=O) groups is 1. The smallest absolute Gasteiger partial charge is 0.402 e. The van der Waals surface area contributed by atoms with Crippen LogP contribution in [0, 0.1) is 0 Å². The fraction of sp³-hybridized carbons (Fsp3) is 0.278. The van der Waals surface area contributed by atoms with Gasteiger partial charge in [-0.1, -0.05) is 6.07 Å². The molecule has 0 unspecified atom stereocenters. The van der Waals surface area contributed by atoms with Crippen LogP contribution in [-0.2, 0) is 20.0 Å². The predicted octanol–water partition coefficient (Wildman–Crippen LogP) is 2.04. The van der Waals surface area contributed by atoms with E-state index in [0.717, 1.165) is 22.5 Å². The quantitative estimate of drug-likeness (QED) is 0.578. The van der Waals surface area contributed by atoms with E-state index in [9.17, 15) is 34.8 Å². The Hall–Kier alpha value is -2.68. The van der Waals surface area contributed by atoms with E-state index >= 15 is 0 Å². The highest BCUT2D eigenvalue weighted by Gasteiger charge is 2.30. The van der Waals surface area contributed by atoms with Crippen LogP contribution in [0.1, 0.15) is 10.4 Å². The molecule has 0 aromatic heterocycles. The number of ether oxygens (including phenoxy) is 1. The minimum atomic E-state index is -4.75. The summed E-state index contributed by atoms with van der Waals surface area (Å²) in [6, 6.07) is 8.11. The molecular weight excluding hydrogens is 475 g/mol. The van der Waals surface area contributed by atoms with Crippen LogP contribution in [0.15, 0.2) is 52.3 Å². The number of amides is 1. The lowest BCUT2D eigenvalue weighted by molar-refractivity contribution is -0.121. The molecule has 32 heavy (non-hydrogen) atoms. The first-order valence-electron chi connectivity index (χ1n) is 8.76. The Morgan fingerprint density at radius 1 is 1.03 bits per heavy atom. The molecule has 0 fully saturated rings. The van der Waals surface area contributed by atoms with Gasteiger partial charge >= 0.3 is 6.18 Å². The van der Waals surface area contributed by atoms with Crippen LogP contribution in [-0.4, -0.2) is 61.0 Å². The molecule has 0 aliphatic carbocycles. The monoisotopic (exact) mass is 495 g/mol. The van der Waals surface area contributed by atoms with Gasteiger partial charge in [0.05, 0.1) is 22.6 Å². The molecular formula is C18H20F3N3O6S2. The minimum Gasteiger partial charge on any atom is -0.495 e. The van der Waals surface area contributed by atoms with Gasteiger partial charge in [-0.15, -0.1) is 0 Å². The van der Waals surface area contributed by atoms with Crippen molar-refractivity contribution in [2.45, 2.75) is 16.0 Å². The molecule has 0 bridgehead atoms. The number of sulfonamides is 2. The van der Waals surface area contributed by atoms with E-state index in [-0.39, 0.29) is 21.9 Å². The predicted molar refractivity (Wildman–Crippen MR) is 110 cm³/mol. The standard InChI is InChI=1S/C18H20F3N3O6S2/c1-24(2)32(28,29)14-7-8-16(30-3)15(10-14)23-17(25)12-5-4-6-13(9-12)31(26,27)22-11-18(19,20)21/h4-10,22H,11H2,1-3H3,(H,23,25). The number of hydrogen-bond donors (Lipinski definition) is 2. The Morgan fingerprint density at radius 3 is 2.25 bits per heavy atom. The Kier molecular flexibility index (Phi) is 7.55. The number of hydrogen-bond acceptors (Lipinski definition) is 6. The SMILES string of the molecule is COc1ccc(S(=O)(=O)N(C)C)cc1NC(=O)c1cccc(S(=O)(=O)NCC(F)(F)F)c1. The maximum atomic E-state index is 12.7. The number of nitrogens with zero attached hydrogens (tertiary/aromatic N) is 1. The maximum absolute atomic E-state index is 12.7. The average molecular weight is 496 g/mol. The second kappa shape index (κ2) is 9.44. The van der Waals surface area contributed by atoms with Crippen molar-refractivity contribution < 1.29 is 39.5 Å². The third-order valence-corrected chi connectivity index (χ3v) is 7.28. The number of carbonyl (C=O) groups excluding carboxylic acids is 1. The van der Waals surface area contributed by atoms with Gasteiger partial charge in [-0.3, -0.25) is 4.79 Å². The lowest BCUT2D eigenvalue weighted by Crippen LogP contribution is -2.33. The van der Waals surface area contributed by atoms with E-state index in [0.29, 0.717) is 0 Å². The van der Waals surface area contributed by atoms with Crippen LogP contribution in [0.2, 0.25) is 0 Å². The first-order valence-corrected chi connectivity index (χ1v) is 11.7. The highest BCUT2D eigenvalue weighted by molar-refractivity contribution is 7.89. The van der Waals surface area contributed by atoms with E-state index in [1.54, 1.807) is 0 Å². The molecule has 2 rings (SSSR count). The summed E-state index contributed by atoms with van der Waals surface area (Å²) in [5, 5.41) is 2.42. The Morgan fingerprint density at radius 2 is 1.69 bits per heavy atom. The molecule has 0 radical (unpaired) electrons. The van der Waals surface area contributed by atoms with Gasteiger partial charge in [0.25, 0.3) is 5.91 Å². The summed E-state index contributed by atoms with van der Waals surface area (Å²) in [7, 11) is -4.40. The minimum absolute atomic E-state index is 0.0103. The summed E-state index contributed by atoms with van der Waals surface area (Å²) in [6.45, 7) is -1.77. The van der Waals surface area contributed by atoms with Crippen molar-refractivity contribution in [2.75, 3.05) is 33.1 Å². The summed E-state index contributed by atoms with van der Waals surface area (Å²) in [4.78, 5) is 12.0. The Balaban J connectivity index is 2.35. The lowest BCUT2D eigenvalue weighted by Gasteiger charge is -2.15. The second-order valence-electron chi connectivity index (χ2n) is 6.57. The first kappa shape index (κ1) is 25.6. The van der Waals surface area contributed by atoms with Crippen molar-refractivity contribution in [3.8, 4) is 5.75 Å². The number of rotatable bonds is 8. The van der Waals surface area contributed by atoms with E-state index in [4.69, 9.17) is 4.74 Å². The second-order valence-corrected chi connectivity index (χ2v) is 10.5. The van der Waals surface area contributed by atoms with Gasteiger partial charge in [-0.25, -0.2) is 25.9 Å². The number of alkyl halides is 3. The third kappa shape index (κ3) is 6.18. The number of nitrogens with one attached hydrogen (secondary N) is 2. The van der Waals surface area contributed by atoms with Crippen molar-refractivity contribution in [1.29, 1.82) is 0 Å². The van der Waals surface area contributed by atoms with Crippen LogP contribution in [0.4, 0.5) is 18.9 Å². The summed E-state index contributed by atoms with van der Waals surface area (Å²) in [5.41, 5.74) is -0.202. The zero-order valence-electron chi connectivity index (χ0n) is 17.1. The molecule has 2 aromatic carbocycles. The van der Waals surface area contributed by atoms with E-state index in [2.05, 4.69) is 5.32 Å². The van der Waals surface area contributed by atoms with E-state index in [1.807, 2.05) is 0 Å². The van der Waals surface area contributed by atoms with Crippen molar-refractivity contribution >= 4 is 31.6 Å². The molecule has 0 heterocycles. The third-order valence-electron chi connectivity index (χ3n) is 4.07. The van der Waals surface area contributed by atoms with Crippen molar-refractivity contribution in [1.82, 2.24) is 9.03 Å². The van der Waals surface area contributed by atoms with Crippen molar-refractivity contribution in [3.63, 3.8) is 0 Å². The number of methoxy groups -OCH3 is 1. The number of halogens is 3. The normalized spacial score (nSPS) is 12.6. The molecule has 176 valence electrons. The van der Waals surface area contributed by atoms with Gasteiger partial charge in [0.15, 0.2) is 0 Å². The van der Waals surface area contributed by atoms with Gasteiger partial charge in [0, 0.05) is 19.7 Å². The summed E-state index contributed by atoms with van der Waals surface area (Å²) in [6.07, 6.45) is -4.75. The molecule has 0 saturated carbocycles. The lowest BCUT2D eigenvalue weighted by atomic mass is 10.2. The van der Waals surface area contributed by atoms with Gasteiger partial charge in [0.2, 0.25) is 20.0 Å². The van der Waals surface area contributed by atoms with Gasteiger partial charge in [-0.2, -0.15) is 13.2 Å².